The maximum atomic E-state index is 13.2. The van der Waals surface area contributed by atoms with Crippen LogP contribution in [0.25, 0.3) is 0 Å². The Labute approximate surface area is 116 Å². The second-order valence-electron chi connectivity index (χ2n) is 5.59. The Morgan fingerprint density at radius 3 is 2.60 bits per heavy atom. The molecule has 0 aromatic heterocycles. The SMILES string of the molecule is COC(=O)c1cc(F)ccc1NC(=O)C1CC2CC2C1. The summed E-state index contributed by atoms with van der Waals surface area (Å²) in [6, 6.07) is 3.69. The van der Waals surface area contributed by atoms with Gasteiger partial charge in [-0.1, -0.05) is 0 Å². The lowest BCUT2D eigenvalue weighted by Gasteiger charge is -2.14. The Morgan fingerprint density at radius 1 is 1.25 bits per heavy atom. The van der Waals surface area contributed by atoms with E-state index in [-0.39, 0.29) is 17.4 Å². The van der Waals surface area contributed by atoms with E-state index in [1.54, 1.807) is 0 Å². The quantitative estimate of drug-likeness (QED) is 0.864. The van der Waals surface area contributed by atoms with Gasteiger partial charge in [-0.15, -0.1) is 0 Å². The maximum Gasteiger partial charge on any atom is 0.340 e. The first-order valence-corrected chi connectivity index (χ1v) is 6.77. The molecule has 0 radical (unpaired) electrons. The molecule has 1 aromatic rings. The molecule has 2 aliphatic carbocycles. The largest absolute Gasteiger partial charge is 0.465 e. The van der Waals surface area contributed by atoms with Gasteiger partial charge in [0.25, 0.3) is 0 Å². The van der Waals surface area contributed by atoms with Crippen LogP contribution in [0.1, 0.15) is 29.6 Å². The van der Waals surface area contributed by atoms with E-state index < -0.39 is 11.8 Å². The second-order valence-corrected chi connectivity index (χ2v) is 5.59. The molecule has 2 aliphatic rings. The number of amides is 1. The summed E-state index contributed by atoms with van der Waals surface area (Å²) >= 11 is 0. The zero-order valence-electron chi connectivity index (χ0n) is 11.2. The first kappa shape index (κ1) is 13.1. The molecular formula is C15H16FNO3. The van der Waals surface area contributed by atoms with Crippen LogP contribution in [0.5, 0.6) is 0 Å². The summed E-state index contributed by atoms with van der Waals surface area (Å²) in [7, 11) is 1.23. The summed E-state index contributed by atoms with van der Waals surface area (Å²) in [5.41, 5.74) is 0.354. The highest BCUT2D eigenvalue weighted by molar-refractivity contribution is 6.01. The van der Waals surface area contributed by atoms with E-state index in [0.717, 1.165) is 18.9 Å². The number of halogens is 1. The number of anilines is 1. The molecule has 5 heteroatoms. The van der Waals surface area contributed by atoms with Gasteiger partial charge in [0.1, 0.15) is 5.82 Å². The number of benzene rings is 1. The highest BCUT2D eigenvalue weighted by Gasteiger charge is 2.48. The van der Waals surface area contributed by atoms with E-state index in [0.29, 0.717) is 17.5 Å². The lowest BCUT2D eigenvalue weighted by Crippen LogP contribution is -2.23. The first-order chi connectivity index (χ1) is 9.58. The van der Waals surface area contributed by atoms with E-state index in [2.05, 4.69) is 10.1 Å². The number of methoxy groups -OCH3 is 1. The molecule has 0 spiro atoms. The van der Waals surface area contributed by atoms with Crippen molar-refractivity contribution in [2.24, 2.45) is 17.8 Å². The molecule has 0 aliphatic heterocycles. The summed E-state index contributed by atoms with van der Waals surface area (Å²) in [6.07, 6.45) is 3.09. The second kappa shape index (κ2) is 4.89. The van der Waals surface area contributed by atoms with Gasteiger partial charge in [-0.05, 0) is 49.3 Å². The van der Waals surface area contributed by atoms with Crippen molar-refractivity contribution in [3.05, 3.63) is 29.6 Å². The maximum absolute atomic E-state index is 13.2. The zero-order valence-corrected chi connectivity index (χ0v) is 11.2. The lowest BCUT2D eigenvalue weighted by molar-refractivity contribution is -0.120. The third kappa shape index (κ3) is 2.40. The van der Waals surface area contributed by atoms with Crippen molar-refractivity contribution < 1.29 is 18.7 Å². The van der Waals surface area contributed by atoms with Gasteiger partial charge < -0.3 is 10.1 Å². The number of esters is 1. The fourth-order valence-corrected chi connectivity index (χ4v) is 3.07. The average molecular weight is 277 g/mol. The molecule has 2 fully saturated rings. The Hall–Kier alpha value is -1.91. The normalized spacial score (nSPS) is 26.8. The number of rotatable bonds is 3. The highest BCUT2D eigenvalue weighted by Crippen LogP contribution is 2.54. The van der Waals surface area contributed by atoms with Gasteiger partial charge >= 0.3 is 5.97 Å². The predicted octanol–water partition coefficient (Wildman–Crippen LogP) is 2.60. The van der Waals surface area contributed by atoms with Crippen LogP contribution in [0.4, 0.5) is 10.1 Å². The van der Waals surface area contributed by atoms with Crippen molar-refractivity contribution in [2.75, 3.05) is 12.4 Å². The summed E-state index contributed by atoms with van der Waals surface area (Å²) < 4.78 is 17.8. The fourth-order valence-electron chi connectivity index (χ4n) is 3.07. The summed E-state index contributed by atoms with van der Waals surface area (Å²) in [5.74, 6) is 0.140. The molecule has 2 saturated carbocycles. The molecule has 1 amide bonds. The van der Waals surface area contributed by atoms with Crippen molar-refractivity contribution in [3.8, 4) is 0 Å². The molecule has 0 bridgehead atoms. The molecule has 2 atom stereocenters. The fraction of sp³-hybridized carbons (Fsp3) is 0.467. The zero-order chi connectivity index (χ0) is 14.3. The molecule has 3 rings (SSSR count). The van der Waals surface area contributed by atoms with E-state index in [1.165, 1.54) is 25.7 Å². The molecule has 0 saturated heterocycles. The summed E-state index contributed by atoms with van der Waals surface area (Å²) in [4.78, 5) is 23.8. The van der Waals surface area contributed by atoms with E-state index in [9.17, 15) is 14.0 Å². The number of carbonyl (C=O) groups is 2. The van der Waals surface area contributed by atoms with Crippen molar-refractivity contribution in [3.63, 3.8) is 0 Å². The number of hydrogen-bond acceptors (Lipinski definition) is 3. The molecular weight excluding hydrogens is 261 g/mol. The van der Waals surface area contributed by atoms with Crippen LogP contribution in [-0.4, -0.2) is 19.0 Å². The number of carbonyl (C=O) groups excluding carboxylic acids is 2. The monoisotopic (exact) mass is 277 g/mol. The third-order valence-corrected chi connectivity index (χ3v) is 4.26. The van der Waals surface area contributed by atoms with Crippen LogP contribution in [-0.2, 0) is 9.53 Å². The van der Waals surface area contributed by atoms with Crippen molar-refractivity contribution in [2.45, 2.75) is 19.3 Å². The number of fused-ring (bicyclic) bond motifs is 1. The van der Waals surface area contributed by atoms with E-state index >= 15 is 0 Å². The highest BCUT2D eigenvalue weighted by atomic mass is 19.1. The minimum absolute atomic E-state index is 0.00861. The van der Waals surface area contributed by atoms with Crippen LogP contribution in [0.3, 0.4) is 0 Å². The summed E-state index contributed by atoms with van der Waals surface area (Å²) in [5, 5.41) is 2.73. The number of nitrogens with one attached hydrogen (secondary N) is 1. The Bertz CT molecular complexity index is 562. The Morgan fingerprint density at radius 2 is 1.95 bits per heavy atom. The third-order valence-electron chi connectivity index (χ3n) is 4.26. The first-order valence-electron chi connectivity index (χ1n) is 6.77. The summed E-state index contributed by atoms with van der Waals surface area (Å²) in [6.45, 7) is 0. The van der Waals surface area contributed by atoms with Gasteiger partial charge in [0.2, 0.25) is 5.91 Å². The van der Waals surface area contributed by atoms with Crippen molar-refractivity contribution >= 4 is 17.6 Å². The van der Waals surface area contributed by atoms with Gasteiger partial charge in [-0.2, -0.15) is 0 Å². The molecule has 4 nitrogen and oxygen atoms in total. The number of hydrogen-bond donors (Lipinski definition) is 1. The van der Waals surface area contributed by atoms with Crippen LogP contribution < -0.4 is 5.32 Å². The van der Waals surface area contributed by atoms with Crippen LogP contribution in [0.15, 0.2) is 18.2 Å². The minimum atomic E-state index is -0.658. The van der Waals surface area contributed by atoms with Gasteiger partial charge in [-0.25, -0.2) is 9.18 Å². The van der Waals surface area contributed by atoms with Gasteiger partial charge in [0.15, 0.2) is 0 Å². The molecule has 2 unspecified atom stereocenters. The van der Waals surface area contributed by atoms with Crippen LogP contribution in [0.2, 0.25) is 0 Å². The lowest BCUT2D eigenvalue weighted by atomic mass is 10.0. The topological polar surface area (TPSA) is 55.4 Å². The predicted molar refractivity (Wildman–Crippen MR) is 70.7 cm³/mol. The molecule has 106 valence electrons. The molecule has 1 aromatic carbocycles. The van der Waals surface area contributed by atoms with Crippen molar-refractivity contribution in [1.29, 1.82) is 0 Å². The van der Waals surface area contributed by atoms with E-state index in [4.69, 9.17) is 0 Å². The van der Waals surface area contributed by atoms with Gasteiger partial charge in [-0.3, -0.25) is 4.79 Å². The molecule has 20 heavy (non-hydrogen) atoms. The van der Waals surface area contributed by atoms with Crippen LogP contribution >= 0.6 is 0 Å². The van der Waals surface area contributed by atoms with Gasteiger partial charge in [0.05, 0.1) is 18.4 Å². The Balaban J connectivity index is 1.76. The van der Waals surface area contributed by atoms with Gasteiger partial charge in [0, 0.05) is 5.92 Å². The van der Waals surface area contributed by atoms with Crippen LogP contribution in [0, 0.1) is 23.6 Å². The smallest absolute Gasteiger partial charge is 0.340 e. The van der Waals surface area contributed by atoms with E-state index in [1.807, 2.05) is 0 Å². The molecule has 1 N–H and O–H groups in total. The minimum Gasteiger partial charge on any atom is -0.465 e. The number of ether oxygens (including phenoxy) is 1. The average Bonchev–Trinajstić information content (AvgIpc) is 3.06. The standard InChI is InChI=1S/C15H16FNO3/c1-20-15(19)12-7-11(16)2-3-13(12)17-14(18)10-5-8-4-9(8)6-10/h2-3,7-10H,4-6H2,1H3,(H,17,18). The van der Waals surface area contributed by atoms with Crippen molar-refractivity contribution in [1.82, 2.24) is 0 Å². The Kier molecular flexibility index (Phi) is 3.20. The molecule has 0 heterocycles.